The number of ketones is 1. The van der Waals surface area contributed by atoms with Crippen LogP contribution >= 0.6 is 0 Å². The van der Waals surface area contributed by atoms with Crippen molar-refractivity contribution >= 4 is 5.78 Å². The number of likely N-dealkylation sites (N-methyl/N-ethyl adjacent to an activating group) is 1. The molecule has 0 N–H and O–H groups in total. The maximum Gasteiger partial charge on any atom is 0.401 e. The Balaban J connectivity index is 2.84. The van der Waals surface area contributed by atoms with Crippen molar-refractivity contribution in [2.24, 2.45) is 0 Å². The maximum absolute atomic E-state index is 13.0. The van der Waals surface area contributed by atoms with Crippen LogP contribution in [0.15, 0.2) is 18.2 Å². The van der Waals surface area contributed by atoms with E-state index in [1.165, 1.54) is 6.92 Å². The highest BCUT2D eigenvalue weighted by Crippen LogP contribution is 2.18. The molecule has 7 heteroatoms. The molecule has 1 aromatic carbocycles. The summed E-state index contributed by atoms with van der Waals surface area (Å²) in [5.74, 6) is -3.03. The number of halogens is 5. The van der Waals surface area contributed by atoms with E-state index in [0.29, 0.717) is 6.07 Å². The highest BCUT2D eigenvalue weighted by atomic mass is 19.4. The fourth-order valence-corrected chi connectivity index (χ4v) is 1.51. The molecule has 1 rings (SSSR count). The van der Waals surface area contributed by atoms with Gasteiger partial charge >= 0.3 is 6.18 Å². The first-order chi connectivity index (χ1) is 8.61. The number of Topliss-reactive ketones (excluding diaryl/α,β-unsaturated/α-hetero) is 1. The van der Waals surface area contributed by atoms with Crippen molar-refractivity contribution in [1.82, 2.24) is 4.90 Å². The van der Waals surface area contributed by atoms with Crippen molar-refractivity contribution in [3.8, 4) is 0 Å². The van der Waals surface area contributed by atoms with Crippen LogP contribution in [-0.4, -0.2) is 36.5 Å². The lowest BCUT2D eigenvalue weighted by Crippen LogP contribution is -2.41. The Morgan fingerprint density at radius 2 is 1.84 bits per heavy atom. The van der Waals surface area contributed by atoms with E-state index in [4.69, 9.17) is 0 Å². The Morgan fingerprint density at radius 1 is 1.26 bits per heavy atom. The number of rotatable bonds is 4. The molecule has 0 heterocycles. The van der Waals surface area contributed by atoms with Crippen LogP contribution in [0.2, 0.25) is 0 Å². The molecule has 0 radical (unpaired) electrons. The summed E-state index contributed by atoms with van der Waals surface area (Å²) in [6.45, 7) is 0.0128. The van der Waals surface area contributed by atoms with E-state index >= 15 is 0 Å². The monoisotopic (exact) mass is 281 g/mol. The van der Waals surface area contributed by atoms with Gasteiger partial charge < -0.3 is 0 Å². The molecule has 106 valence electrons. The van der Waals surface area contributed by atoms with Gasteiger partial charge in [0.25, 0.3) is 0 Å². The first kappa shape index (κ1) is 15.6. The number of hydrogen-bond acceptors (Lipinski definition) is 2. The molecule has 19 heavy (non-hydrogen) atoms. The van der Waals surface area contributed by atoms with E-state index < -0.39 is 36.2 Å². The van der Waals surface area contributed by atoms with Gasteiger partial charge in [-0.05, 0) is 32.2 Å². The summed E-state index contributed by atoms with van der Waals surface area (Å²) < 4.78 is 62.2. The van der Waals surface area contributed by atoms with E-state index in [9.17, 15) is 26.7 Å². The quantitative estimate of drug-likeness (QED) is 0.624. The molecule has 0 aliphatic carbocycles. The molecule has 0 spiro atoms. The molecule has 1 aromatic rings. The van der Waals surface area contributed by atoms with Crippen molar-refractivity contribution in [3.05, 3.63) is 35.4 Å². The smallest absolute Gasteiger partial charge is 0.292 e. The Bertz CT molecular complexity index is 472. The van der Waals surface area contributed by atoms with E-state index in [2.05, 4.69) is 0 Å². The molecule has 0 aliphatic heterocycles. The van der Waals surface area contributed by atoms with E-state index in [0.717, 1.165) is 24.1 Å². The summed E-state index contributed by atoms with van der Waals surface area (Å²) in [6.07, 6.45) is -4.43. The molecule has 0 amide bonds. The molecule has 2 nitrogen and oxygen atoms in total. The topological polar surface area (TPSA) is 20.3 Å². The summed E-state index contributed by atoms with van der Waals surface area (Å²) in [5.41, 5.74) is -0.166. The van der Waals surface area contributed by atoms with Crippen LogP contribution in [0.5, 0.6) is 0 Å². The largest absolute Gasteiger partial charge is 0.401 e. The van der Waals surface area contributed by atoms with Gasteiger partial charge in [0.05, 0.1) is 12.6 Å². The third-order valence-corrected chi connectivity index (χ3v) is 2.67. The third kappa shape index (κ3) is 4.27. The van der Waals surface area contributed by atoms with Gasteiger partial charge in [0.15, 0.2) is 17.4 Å². The highest BCUT2D eigenvalue weighted by molar-refractivity contribution is 5.99. The first-order valence-electron chi connectivity index (χ1n) is 5.38. The van der Waals surface area contributed by atoms with E-state index in [1.54, 1.807) is 0 Å². The number of carbonyl (C=O) groups is 1. The summed E-state index contributed by atoms with van der Waals surface area (Å²) in [6, 6.07) is 1.39. The Labute approximate surface area is 106 Å². The van der Waals surface area contributed by atoms with E-state index in [-0.39, 0.29) is 5.56 Å². The van der Waals surface area contributed by atoms with Crippen LogP contribution < -0.4 is 0 Å². The first-order valence-corrected chi connectivity index (χ1v) is 5.38. The molecule has 0 saturated heterocycles. The zero-order valence-corrected chi connectivity index (χ0v) is 10.3. The Morgan fingerprint density at radius 3 is 2.32 bits per heavy atom. The summed E-state index contributed by atoms with van der Waals surface area (Å²) in [5, 5.41) is 0. The Kier molecular flexibility index (Phi) is 4.62. The fraction of sp³-hybridized carbons (Fsp3) is 0.417. The molecule has 0 fully saturated rings. The predicted molar refractivity (Wildman–Crippen MR) is 58.8 cm³/mol. The summed E-state index contributed by atoms with van der Waals surface area (Å²) >= 11 is 0. The van der Waals surface area contributed by atoms with Crippen LogP contribution in [0.1, 0.15) is 17.3 Å². The van der Waals surface area contributed by atoms with Crippen molar-refractivity contribution in [2.75, 3.05) is 13.6 Å². The maximum atomic E-state index is 13.0. The molecular formula is C12H12F5NO. The van der Waals surface area contributed by atoms with Crippen LogP contribution in [0.25, 0.3) is 0 Å². The minimum Gasteiger partial charge on any atom is -0.292 e. The van der Waals surface area contributed by atoms with Crippen LogP contribution in [0, 0.1) is 11.6 Å². The van der Waals surface area contributed by atoms with Crippen LogP contribution in [-0.2, 0) is 0 Å². The fourth-order valence-electron chi connectivity index (χ4n) is 1.51. The van der Waals surface area contributed by atoms with Gasteiger partial charge in [0, 0.05) is 5.56 Å². The van der Waals surface area contributed by atoms with Gasteiger partial charge in [-0.3, -0.25) is 9.69 Å². The number of alkyl halides is 3. The molecule has 1 unspecified atom stereocenters. The van der Waals surface area contributed by atoms with Gasteiger partial charge in [-0.25, -0.2) is 8.78 Å². The third-order valence-electron chi connectivity index (χ3n) is 2.67. The van der Waals surface area contributed by atoms with Crippen LogP contribution in [0.4, 0.5) is 22.0 Å². The lowest BCUT2D eigenvalue weighted by molar-refractivity contribution is -0.145. The minimum absolute atomic E-state index is 0.166. The SMILES string of the molecule is CC(C(=O)c1ccc(F)c(F)c1)N(C)CC(F)(F)F. The molecule has 0 saturated carbocycles. The molecular weight excluding hydrogens is 269 g/mol. The number of nitrogens with zero attached hydrogens (tertiary/aromatic N) is 1. The van der Waals surface area contributed by atoms with Crippen molar-refractivity contribution in [1.29, 1.82) is 0 Å². The van der Waals surface area contributed by atoms with Gasteiger partial charge in [0.1, 0.15) is 0 Å². The number of benzene rings is 1. The number of hydrogen-bond donors (Lipinski definition) is 0. The van der Waals surface area contributed by atoms with Gasteiger partial charge in [0.2, 0.25) is 0 Å². The van der Waals surface area contributed by atoms with Gasteiger partial charge in [-0.2, -0.15) is 13.2 Å². The predicted octanol–water partition coefficient (Wildman–Crippen LogP) is 3.03. The average molecular weight is 281 g/mol. The normalized spacial score (nSPS) is 13.7. The number of carbonyl (C=O) groups excluding carboxylic acids is 1. The zero-order chi connectivity index (χ0) is 14.8. The van der Waals surface area contributed by atoms with Gasteiger partial charge in [-0.1, -0.05) is 0 Å². The summed E-state index contributed by atoms with van der Waals surface area (Å²) in [7, 11) is 1.13. The second-order valence-corrected chi connectivity index (χ2v) is 4.20. The van der Waals surface area contributed by atoms with Crippen molar-refractivity contribution in [3.63, 3.8) is 0 Å². The lowest BCUT2D eigenvalue weighted by atomic mass is 10.0. The molecule has 0 aliphatic rings. The minimum atomic E-state index is -4.43. The lowest BCUT2D eigenvalue weighted by Gasteiger charge is -2.24. The van der Waals surface area contributed by atoms with Crippen molar-refractivity contribution in [2.45, 2.75) is 19.1 Å². The second-order valence-electron chi connectivity index (χ2n) is 4.20. The Hall–Kier alpha value is -1.50. The average Bonchev–Trinajstić information content (AvgIpc) is 2.28. The van der Waals surface area contributed by atoms with Crippen LogP contribution in [0.3, 0.4) is 0 Å². The molecule has 1 atom stereocenters. The molecule has 0 aromatic heterocycles. The van der Waals surface area contributed by atoms with Gasteiger partial charge in [-0.15, -0.1) is 0 Å². The van der Waals surface area contributed by atoms with Crippen molar-refractivity contribution < 1.29 is 26.7 Å². The van der Waals surface area contributed by atoms with E-state index in [1.807, 2.05) is 0 Å². The zero-order valence-electron chi connectivity index (χ0n) is 10.3. The second kappa shape index (κ2) is 5.64. The standard InChI is InChI=1S/C12H12F5NO/c1-7(18(2)6-12(15,16)17)11(19)8-3-4-9(13)10(14)5-8/h3-5,7H,6H2,1-2H3. The summed E-state index contributed by atoms with van der Waals surface area (Å²) in [4.78, 5) is 12.6. The molecule has 0 bridgehead atoms. The highest BCUT2D eigenvalue weighted by Gasteiger charge is 2.33.